The van der Waals surface area contributed by atoms with Gasteiger partial charge in [0.25, 0.3) is 5.56 Å². The van der Waals surface area contributed by atoms with Gasteiger partial charge in [0, 0.05) is 36.5 Å². The number of hydrogen-bond acceptors (Lipinski definition) is 4. The molecule has 0 aliphatic carbocycles. The van der Waals surface area contributed by atoms with Gasteiger partial charge in [-0.25, -0.2) is 8.78 Å². The summed E-state index contributed by atoms with van der Waals surface area (Å²) in [6.07, 6.45) is 7.56. The Labute approximate surface area is 222 Å². The van der Waals surface area contributed by atoms with Crippen molar-refractivity contribution in [2.75, 3.05) is 6.26 Å². The molecule has 0 fully saturated rings. The van der Waals surface area contributed by atoms with Crippen molar-refractivity contribution in [1.82, 2.24) is 14.3 Å². The van der Waals surface area contributed by atoms with E-state index in [1.807, 2.05) is 20.9 Å². The fraction of sp³-hybridized carbons (Fsp3) is 0.296. The van der Waals surface area contributed by atoms with Crippen LogP contribution in [0.15, 0.2) is 63.2 Å². The first-order chi connectivity index (χ1) is 17.5. The molecule has 0 aliphatic rings. The normalized spacial score (nSPS) is 14.4. The number of nitrogens with zero attached hydrogens (tertiary/aromatic N) is 4. The first kappa shape index (κ1) is 28.4. The largest absolute Gasteiger partial charge is 0.284 e. The zero-order chi connectivity index (χ0) is 27.4. The van der Waals surface area contributed by atoms with Crippen LogP contribution in [0.5, 0.6) is 0 Å². The monoisotopic (exact) mass is 546 g/mol. The van der Waals surface area contributed by atoms with Crippen LogP contribution in [0.1, 0.15) is 47.8 Å². The van der Waals surface area contributed by atoms with Crippen LogP contribution in [0.25, 0.3) is 6.20 Å². The highest BCUT2D eigenvalue weighted by atomic mass is 35.5. The van der Waals surface area contributed by atoms with E-state index in [1.165, 1.54) is 30.7 Å². The average molecular weight is 547 g/mol. The van der Waals surface area contributed by atoms with Crippen LogP contribution in [0.3, 0.4) is 0 Å². The Kier molecular flexibility index (Phi) is 9.15. The zero-order valence-corrected chi connectivity index (χ0v) is 23.1. The number of aryl methyl sites for hydroxylation is 2. The van der Waals surface area contributed by atoms with E-state index in [0.717, 1.165) is 22.0 Å². The van der Waals surface area contributed by atoms with Crippen molar-refractivity contribution < 1.29 is 13.0 Å². The van der Waals surface area contributed by atoms with E-state index < -0.39 is 28.0 Å². The maximum atomic E-state index is 15.6. The van der Waals surface area contributed by atoms with Gasteiger partial charge in [0.1, 0.15) is 16.6 Å². The molecule has 0 saturated heterocycles. The molecule has 0 amide bonds. The lowest BCUT2D eigenvalue weighted by atomic mass is 9.94. The van der Waals surface area contributed by atoms with Crippen molar-refractivity contribution in [2.24, 2.45) is 12.0 Å². The Bertz CT molecular complexity index is 1500. The molecule has 0 radical (unpaired) electrons. The molecular formula is C27H29ClF2N4O2S. The van der Waals surface area contributed by atoms with Gasteiger partial charge < -0.3 is 0 Å². The third-order valence-corrected chi connectivity index (χ3v) is 7.46. The minimum absolute atomic E-state index is 0.0230. The third-order valence-electron chi connectivity index (χ3n) is 6.15. The smallest absolute Gasteiger partial charge is 0.273 e. The summed E-state index contributed by atoms with van der Waals surface area (Å²) in [4.78, 5) is 17.2. The SMILES string of the molecule is C/C=C/N=C(/C(F)=C/n1c(C)cc(C(C)Cc2cnn(C)c2C)c(Cl)c1=O)c1cccc(S(C)=O)c1F. The number of aliphatic imine (C=N–C) groups is 1. The molecule has 2 aromatic heterocycles. The average Bonchev–Trinajstić information content (AvgIpc) is 3.16. The summed E-state index contributed by atoms with van der Waals surface area (Å²) < 4.78 is 45.5. The topological polar surface area (TPSA) is 69.2 Å². The maximum absolute atomic E-state index is 15.6. The molecule has 6 nitrogen and oxygen atoms in total. The number of aromatic nitrogens is 3. The first-order valence-corrected chi connectivity index (χ1v) is 13.5. The van der Waals surface area contributed by atoms with Crippen LogP contribution < -0.4 is 5.56 Å². The number of hydrogen-bond donors (Lipinski definition) is 0. The second-order valence-corrected chi connectivity index (χ2v) is 10.4. The van der Waals surface area contributed by atoms with Crippen molar-refractivity contribution in [3.05, 3.63) is 97.8 Å². The Morgan fingerprint density at radius 3 is 2.62 bits per heavy atom. The highest BCUT2D eigenvalue weighted by Gasteiger charge is 2.21. The lowest BCUT2D eigenvalue weighted by Crippen LogP contribution is -2.22. The Morgan fingerprint density at radius 2 is 2.03 bits per heavy atom. The molecule has 0 spiro atoms. The lowest BCUT2D eigenvalue weighted by molar-refractivity contribution is 0.591. The number of rotatable bonds is 8. The van der Waals surface area contributed by atoms with Gasteiger partial charge in [-0.1, -0.05) is 30.7 Å². The van der Waals surface area contributed by atoms with Crippen LogP contribution in [-0.4, -0.2) is 30.5 Å². The molecule has 3 rings (SSSR count). The Balaban J connectivity index is 2.07. The minimum atomic E-state index is -1.62. The van der Waals surface area contributed by atoms with Gasteiger partial charge in [-0.2, -0.15) is 5.10 Å². The van der Waals surface area contributed by atoms with E-state index in [1.54, 1.807) is 36.9 Å². The number of allylic oxidation sites excluding steroid dienone is 2. The molecule has 10 heteroatoms. The number of halogens is 3. The van der Waals surface area contributed by atoms with E-state index in [-0.39, 0.29) is 27.1 Å². The lowest BCUT2D eigenvalue weighted by Gasteiger charge is -2.16. The second-order valence-electron chi connectivity index (χ2n) is 8.72. The summed E-state index contributed by atoms with van der Waals surface area (Å²) in [5.41, 5.74) is 2.04. The number of pyridine rings is 1. The summed E-state index contributed by atoms with van der Waals surface area (Å²) in [5.74, 6) is -1.89. The first-order valence-electron chi connectivity index (χ1n) is 11.6. The summed E-state index contributed by atoms with van der Waals surface area (Å²) in [5, 5.41) is 4.24. The molecule has 1 aromatic carbocycles. The van der Waals surface area contributed by atoms with Crippen molar-refractivity contribution in [3.63, 3.8) is 0 Å². The van der Waals surface area contributed by atoms with Crippen LogP contribution in [0.2, 0.25) is 5.02 Å². The molecular weight excluding hydrogens is 518 g/mol. The van der Waals surface area contributed by atoms with Gasteiger partial charge in [0.2, 0.25) is 0 Å². The van der Waals surface area contributed by atoms with Gasteiger partial charge in [-0.15, -0.1) is 0 Å². The van der Waals surface area contributed by atoms with Crippen LogP contribution >= 0.6 is 11.6 Å². The summed E-state index contributed by atoms with van der Waals surface area (Å²) >= 11 is 6.48. The van der Waals surface area contributed by atoms with Crippen LogP contribution in [-0.2, 0) is 24.3 Å². The van der Waals surface area contributed by atoms with E-state index in [4.69, 9.17) is 11.6 Å². The molecule has 0 saturated carbocycles. The third kappa shape index (κ3) is 6.05. The van der Waals surface area contributed by atoms with Crippen LogP contribution in [0, 0.1) is 19.7 Å². The van der Waals surface area contributed by atoms with E-state index in [0.29, 0.717) is 17.7 Å². The number of benzene rings is 1. The minimum Gasteiger partial charge on any atom is -0.284 e. The van der Waals surface area contributed by atoms with Gasteiger partial charge in [-0.3, -0.25) is 23.2 Å². The fourth-order valence-electron chi connectivity index (χ4n) is 3.95. The molecule has 0 N–H and O–H groups in total. The molecule has 0 aliphatic heterocycles. The molecule has 37 heavy (non-hydrogen) atoms. The van der Waals surface area contributed by atoms with Crippen molar-refractivity contribution >= 4 is 34.3 Å². The molecule has 2 unspecified atom stereocenters. The Morgan fingerprint density at radius 1 is 1.32 bits per heavy atom. The van der Waals surface area contributed by atoms with Crippen molar-refractivity contribution in [3.8, 4) is 0 Å². The van der Waals surface area contributed by atoms with E-state index >= 15 is 8.78 Å². The van der Waals surface area contributed by atoms with Gasteiger partial charge in [0.15, 0.2) is 5.83 Å². The predicted octanol–water partition coefficient (Wildman–Crippen LogP) is 5.87. The fourth-order valence-corrected chi connectivity index (χ4v) is 4.91. The van der Waals surface area contributed by atoms with Crippen molar-refractivity contribution in [2.45, 2.75) is 44.9 Å². The molecule has 2 heterocycles. The van der Waals surface area contributed by atoms with E-state index in [2.05, 4.69) is 10.1 Å². The molecule has 196 valence electrons. The highest BCUT2D eigenvalue weighted by molar-refractivity contribution is 7.84. The zero-order valence-electron chi connectivity index (χ0n) is 21.6. The summed E-state index contributed by atoms with van der Waals surface area (Å²) in [6.45, 7) is 7.27. The molecule has 3 aromatic rings. The Hall–Kier alpha value is -3.17. The molecule has 0 bridgehead atoms. The van der Waals surface area contributed by atoms with E-state index in [9.17, 15) is 9.00 Å². The summed E-state index contributed by atoms with van der Waals surface area (Å²) in [6, 6.07) is 5.93. The quantitative estimate of drug-likeness (QED) is 0.332. The van der Waals surface area contributed by atoms with Gasteiger partial charge in [0.05, 0.1) is 28.1 Å². The predicted molar refractivity (Wildman–Crippen MR) is 146 cm³/mol. The molecule has 2 atom stereocenters. The maximum Gasteiger partial charge on any atom is 0.273 e. The standard InChI is InChI=1S/C27H29ClF2N4O2S/c1-7-11-31-26(20-9-8-10-23(25(20)30)37(6)36)22(29)15-34-17(3)13-21(24(28)27(34)35)16(2)12-19-14-32-33(5)18(19)4/h7-11,13-16H,12H2,1-6H3/b11-7+,22-15-,31-26+. The van der Waals surface area contributed by atoms with Crippen molar-refractivity contribution in [1.29, 1.82) is 0 Å². The van der Waals surface area contributed by atoms with Gasteiger partial charge >= 0.3 is 0 Å². The highest BCUT2D eigenvalue weighted by Crippen LogP contribution is 2.28. The van der Waals surface area contributed by atoms with Crippen LogP contribution in [0.4, 0.5) is 8.78 Å². The second kappa shape index (κ2) is 11.9. The van der Waals surface area contributed by atoms with Gasteiger partial charge in [-0.05, 0) is 62.4 Å². The summed E-state index contributed by atoms with van der Waals surface area (Å²) in [7, 11) is 0.237.